The van der Waals surface area contributed by atoms with E-state index in [-0.39, 0.29) is 11.5 Å². The van der Waals surface area contributed by atoms with Crippen molar-refractivity contribution in [2.24, 2.45) is 10.4 Å². The number of thiazole rings is 1. The summed E-state index contributed by atoms with van der Waals surface area (Å²) in [6.45, 7) is 14.9. The molecule has 6 heteroatoms. The Morgan fingerprint density at radius 1 is 1.32 bits per heavy atom. The van der Waals surface area contributed by atoms with E-state index < -0.39 is 0 Å². The molecular weight excluding hydrogens is 296 g/mol. The normalized spacial score (nSPS) is 14.0. The minimum Gasteiger partial charge on any atom is -0.379 e. The summed E-state index contributed by atoms with van der Waals surface area (Å²) < 4.78 is 5.57. The van der Waals surface area contributed by atoms with Gasteiger partial charge in [-0.15, -0.1) is 11.3 Å². The van der Waals surface area contributed by atoms with Crippen molar-refractivity contribution < 1.29 is 4.74 Å². The summed E-state index contributed by atoms with van der Waals surface area (Å²) in [7, 11) is 1.75. The smallest absolute Gasteiger partial charge is 0.191 e. The molecule has 0 amide bonds. The highest BCUT2D eigenvalue weighted by atomic mass is 32.1. The molecule has 0 fully saturated rings. The topological polar surface area (TPSA) is 58.5 Å². The number of nitrogens with one attached hydrogen (secondary N) is 2. The minimum atomic E-state index is 0.0859. The van der Waals surface area contributed by atoms with Gasteiger partial charge in [-0.2, -0.15) is 0 Å². The van der Waals surface area contributed by atoms with Crippen LogP contribution in [0.1, 0.15) is 43.3 Å². The van der Waals surface area contributed by atoms with Crippen LogP contribution in [0.3, 0.4) is 0 Å². The second kappa shape index (κ2) is 8.48. The van der Waals surface area contributed by atoms with Crippen LogP contribution in [-0.2, 0) is 11.3 Å². The highest BCUT2D eigenvalue weighted by molar-refractivity contribution is 7.11. The average molecular weight is 327 g/mol. The predicted octanol–water partition coefficient (Wildman–Crippen LogP) is 2.88. The molecule has 0 saturated heterocycles. The summed E-state index contributed by atoms with van der Waals surface area (Å²) in [6.07, 6.45) is 0.126. The molecule has 0 radical (unpaired) electrons. The van der Waals surface area contributed by atoms with Gasteiger partial charge in [-0.05, 0) is 26.2 Å². The van der Waals surface area contributed by atoms with Crippen molar-refractivity contribution in [3.8, 4) is 0 Å². The van der Waals surface area contributed by atoms with Crippen molar-refractivity contribution in [2.75, 3.05) is 20.2 Å². The molecule has 1 atom stereocenters. The van der Waals surface area contributed by atoms with Gasteiger partial charge in [0.05, 0.1) is 18.3 Å². The van der Waals surface area contributed by atoms with Gasteiger partial charge >= 0.3 is 0 Å². The van der Waals surface area contributed by atoms with Gasteiger partial charge < -0.3 is 15.4 Å². The fourth-order valence-electron chi connectivity index (χ4n) is 2.03. The zero-order chi connectivity index (χ0) is 16.8. The van der Waals surface area contributed by atoms with E-state index in [1.54, 1.807) is 18.4 Å². The number of guanidine groups is 1. The van der Waals surface area contributed by atoms with Crippen molar-refractivity contribution in [1.29, 1.82) is 0 Å². The summed E-state index contributed by atoms with van der Waals surface area (Å²) in [5.41, 5.74) is 1.18. The third-order valence-electron chi connectivity index (χ3n) is 3.49. The highest BCUT2D eigenvalue weighted by Crippen LogP contribution is 2.21. The average Bonchev–Trinajstić information content (AvgIpc) is 2.74. The zero-order valence-corrected chi connectivity index (χ0v) is 15.7. The molecule has 1 heterocycles. The number of ether oxygens (including phenoxy) is 1. The predicted molar refractivity (Wildman–Crippen MR) is 94.7 cm³/mol. The molecule has 0 aliphatic rings. The number of aryl methyl sites for hydroxylation is 2. The Morgan fingerprint density at radius 2 is 2.00 bits per heavy atom. The maximum absolute atomic E-state index is 5.57. The molecule has 5 nitrogen and oxygen atoms in total. The van der Waals surface area contributed by atoms with Gasteiger partial charge in [0.25, 0.3) is 0 Å². The third-order valence-corrected chi connectivity index (χ3v) is 4.55. The largest absolute Gasteiger partial charge is 0.379 e. The number of rotatable bonds is 6. The van der Waals surface area contributed by atoms with Crippen molar-refractivity contribution in [2.45, 2.75) is 54.2 Å². The second-order valence-electron chi connectivity index (χ2n) is 6.42. The Morgan fingerprint density at radius 3 is 2.45 bits per heavy atom. The van der Waals surface area contributed by atoms with E-state index in [9.17, 15) is 0 Å². The monoisotopic (exact) mass is 326 g/mol. The van der Waals surface area contributed by atoms with Gasteiger partial charge in [-0.3, -0.25) is 0 Å². The number of hydrogen-bond donors (Lipinski definition) is 2. The Kier molecular flexibility index (Phi) is 7.29. The van der Waals surface area contributed by atoms with Crippen LogP contribution in [-0.4, -0.2) is 37.2 Å². The molecule has 0 aromatic carbocycles. The standard InChI is InChI=1S/C16H30N4OS/c1-8-17-15(18-9-13(21-7)16(4,5)6)19-10-14-20-11(2)12(3)22-14/h13H,8-10H2,1-7H3,(H2,17,18,19). The molecule has 0 saturated carbocycles. The molecule has 0 bridgehead atoms. The first-order valence-electron chi connectivity index (χ1n) is 7.75. The van der Waals surface area contributed by atoms with Crippen LogP contribution in [0.15, 0.2) is 4.99 Å². The van der Waals surface area contributed by atoms with E-state index in [4.69, 9.17) is 4.74 Å². The van der Waals surface area contributed by atoms with Crippen LogP contribution < -0.4 is 10.6 Å². The van der Waals surface area contributed by atoms with Crippen LogP contribution in [0.25, 0.3) is 0 Å². The zero-order valence-electron chi connectivity index (χ0n) is 14.9. The Bertz CT molecular complexity index is 471. The maximum Gasteiger partial charge on any atom is 0.191 e. The fraction of sp³-hybridized carbons (Fsp3) is 0.750. The van der Waals surface area contributed by atoms with E-state index in [1.807, 2.05) is 6.92 Å². The lowest BCUT2D eigenvalue weighted by atomic mass is 9.89. The van der Waals surface area contributed by atoms with Gasteiger partial charge in [0, 0.05) is 25.1 Å². The molecule has 0 aliphatic carbocycles. The lowest BCUT2D eigenvalue weighted by molar-refractivity contribution is 0.0205. The first-order valence-corrected chi connectivity index (χ1v) is 8.57. The summed E-state index contributed by atoms with van der Waals surface area (Å²) >= 11 is 1.71. The van der Waals surface area contributed by atoms with Crippen molar-refractivity contribution in [1.82, 2.24) is 15.6 Å². The molecule has 0 spiro atoms. The number of hydrogen-bond acceptors (Lipinski definition) is 4. The summed E-state index contributed by atoms with van der Waals surface area (Å²) in [5.74, 6) is 0.805. The first-order chi connectivity index (χ1) is 10.3. The van der Waals surface area contributed by atoms with Crippen LogP contribution in [0.2, 0.25) is 0 Å². The Hall–Kier alpha value is -1.14. The summed E-state index contributed by atoms with van der Waals surface area (Å²) in [6, 6.07) is 0. The van der Waals surface area contributed by atoms with Crippen LogP contribution in [0, 0.1) is 19.3 Å². The number of aliphatic imine (C=N–C) groups is 1. The number of aromatic nitrogens is 1. The van der Waals surface area contributed by atoms with E-state index in [0.717, 1.165) is 29.8 Å². The molecule has 1 rings (SSSR count). The molecular formula is C16H30N4OS. The third kappa shape index (κ3) is 5.93. The summed E-state index contributed by atoms with van der Waals surface area (Å²) in [4.78, 5) is 10.4. The van der Waals surface area contributed by atoms with Gasteiger partial charge in [0.15, 0.2) is 5.96 Å². The molecule has 1 aromatic heterocycles. The Labute approximate surface area is 138 Å². The van der Waals surface area contributed by atoms with Crippen LogP contribution >= 0.6 is 11.3 Å². The van der Waals surface area contributed by atoms with E-state index >= 15 is 0 Å². The van der Waals surface area contributed by atoms with Gasteiger partial charge in [-0.25, -0.2) is 9.98 Å². The second-order valence-corrected chi connectivity index (χ2v) is 7.70. The van der Waals surface area contributed by atoms with Crippen LogP contribution in [0.5, 0.6) is 0 Å². The van der Waals surface area contributed by atoms with Crippen molar-refractivity contribution in [3.05, 3.63) is 15.6 Å². The van der Waals surface area contributed by atoms with Gasteiger partial charge in [0.1, 0.15) is 5.01 Å². The van der Waals surface area contributed by atoms with E-state index in [1.165, 1.54) is 4.88 Å². The molecule has 1 aromatic rings. The Balaban J connectivity index is 2.66. The lowest BCUT2D eigenvalue weighted by Crippen LogP contribution is -2.45. The van der Waals surface area contributed by atoms with Crippen LogP contribution in [0.4, 0.5) is 0 Å². The quantitative estimate of drug-likeness (QED) is 0.623. The number of nitrogens with zero attached hydrogens (tertiary/aromatic N) is 2. The molecule has 2 N–H and O–H groups in total. The molecule has 22 heavy (non-hydrogen) atoms. The molecule has 126 valence electrons. The SMILES string of the molecule is CCNC(=NCc1nc(C)c(C)s1)NCC(OC)C(C)(C)C. The van der Waals surface area contributed by atoms with Crippen molar-refractivity contribution in [3.63, 3.8) is 0 Å². The summed E-state index contributed by atoms with van der Waals surface area (Å²) in [5, 5.41) is 7.67. The first kappa shape index (κ1) is 18.9. The minimum absolute atomic E-state index is 0.0859. The maximum atomic E-state index is 5.57. The van der Waals surface area contributed by atoms with E-state index in [0.29, 0.717) is 6.54 Å². The number of methoxy groups -OCH3 is 1. The highest BCUT2D eigenvalue weighted by Gasteiger charge is 2.24. The van der Waals surface area contributed by atoms with E-state index in [2.05, 4.69) is 55.2 Å². The van der Waals surface area contributed by atoms with Gasteiger partial charge in [0.2, 0.25) is 0 Å². The molecule has 0 aliphatic heterocycles. The van der Waals surface area contributed by atoms with Crippen molar-refractivity contribution >= 4 is 17.3 Å². The molecule has 1 unspecified atom stereocenters. The fourth-order valence-corrected chi connectivity index (χ4v) is 2.89. The van der Waals surface area contributed by atoms with Gasteiger partial charge in [-0.1, -0.05) is 20.8 Å². The lowest BCUT2D eigenvalue weighted by Gasteiger charge is -2.30.